The predicted octanol–water partition coefficient (Wildman–Crippen LogP) is 3.76. The first kappa shape index (κ1) is 18.9. The Bertz CT molecular complexity index is 973. The second-order valence-corrected chi connectivity index (χ2v) is 6.94. The molecule has 1 fully saturated rings. The molecule has 29 heavy (non-hydrogen) atoms. The van der Waals surface area contributed by atoms with Gasteiger partial charge in [0, 0.05) is 50.3 Å². The quantitative estimate of drug-likeness (QED) is 0.664. The molecule has 4 rings (SSSR count). The molecule has 148 valence electrons. The second-order valence-electron chi connectivity index (χ2n) is 6.94. The fourth-order valence-electron chi connectivity index (χ4n) is 3.40. The molecule has 3 aromatic rings. The van der Waals surface area contributed by atoms with Gasteiger partial charge in [-0.2, -0.15) is 0 Å². The number of nitrogens with zero attached hydrogens (tertiary/aromatic N) is 3. The first-order chi connectivity index (χ1) is 14.2. The van der Waals surface area contributed by atoms with Gasteiger partial charge in [-0.1, -0.05) is 18.2 Å². The molecule has 0 atom stereocenters. The third kappa shape index (κ3) is 4.71. The monoisotopic (exact) mass is 391 g/mol. The largest absolute Gasteiger partial charge is 0.489 e. The van der Waals surface area contributed by atoms with E-state index in [0.29, 0.717) is 25.3 Å². The molecule has 1 aliphatic rings. The number of benzene rings is 2. The number of rotatable bonds is 5. The summed E-state index contributed by atoms with van der Waals surface area (Å²) in [6.07, 6.45) is 3.27. The van der Waals surface area contributed by atoms with Crippen LogP contribution in [-0.4, -0.2) is 42.0 Å². The van der Waals surface area contributed by atoms with E-state index in [1.54, 1.807) is 30.6 Å². The number of ether oxygens (including phenoxy) is 1. The Morgan fingerprint density at radius 2 is 1.83 bits per heavy atom. The molecular formula is C23H22FN3O2. The van der Waals surface area contributed by atoms with Crippen LogP contribution in [0.15, 0.2) is 73.1 Å². The Balaban J connectivity index is 1.35. The number of carbonyl (C=O) groups is 1. The fraction of sp³-hybridized carbons (Fsp3) is 0.217. The Hall–Kier alpha value is -3.41. The number of hydrogen-bond acceptors (Lipinski definition) is 4. The highest BCUT2D eigenvalue weighted by atomic mass is 19.1. The van der Waals surface area contributed by atoms with E-state index in [9.17, 15) is 9.18 Å². The van der Waals surface area contributed by atoms with Crippen LogP contribution >= 0.6 is 0 Å². The van der Waals surface area contributed by atoms with Gasteiger partial charge in [-0.3, -0.25) is 9.78 Å². The molecule has 0 aliphatic carbocycles. The second kappa shape index (κ2) is 8.73. The predicted molar refractivity (Wildman–Crippen MR) is 110 cm³/mol. The maximum atomic E-state index is 13.3. The van der Waals surface area contributed by atoms with Gasteiger partial charge < -0.3 is 14.5 Å². The summed E-state index contributed by atoms with van der Waals surface area (Å²) in [5, 5.41) is 0. The summed E-state index contributed by atoms with van der Waals surface area (Å²) in [5.74, 6) is 0.490. The van der Waals surface area contributed by atoms with Crippen molar-refractivity contribution in [2.45, 2.75) is 6.61 Å². The van der Waals surface area contributed by atoms with Crippen molar-refractivity contribution in [2.24, 2.45) is 0 Å². The van der Waals surface area contributed by atoms with Crippen molar-refractivity contribution in [3.8, 4) is 5.75 Å². The van der Waals surface area contributed by atoms with E-state index in [-0.39, 0.29) is 11.7 Å². The lowest BCUT2D eigenvalue weighted by molar-refractivity contribution is 0.0746. The maximum Gasteiger partial charge on any atom is 0.255 e. The number of piperazine rings is 1. The Morgan fingerprint density at radius 3 is 2.59 bits per heavy atom. The van der Waals surface area contributed by atoms with Gasteiger partial charge in [0.05, 0.1) is 5.56 Å². The highest BCUT2D eigenvalue weighted by molar-refractivity contribution is 5.94. The molecule has 1 amide bonds. The molecule has 2 heterocycles. The first-order valence-electron chi connectivity index (χ1n) is 9.60. The van der Waals surface area contributed by atoms with Gasteiger partial charge in [0.2, 0.25) is 0 Å². The Kier molecular flexibility index (Phi) is 5.70. The van der Waals surface area contributed by atoms with Gasteiger partial charge in [0.25, 0.3) is 5.91 Å². The van der Waals surface area contributed by atoms with Crippen LogP contribution in [0.2, 0.25) is 0 Å². The van der Waals surface area contributed by atoms with Crippen molar-refractivity contribution >= 4 is 11.6 Å². The number of amides is 1. The summed E-state index contributed by atoms with van der Waals surface area (Å²) >= 11 is 0. The summed E-state index contributed by atoms with van der Waals surface area (Å²) in [5.41, 5.74) is 2.46. The Labute approximate surface area is 169 Å². The highest BCUT2D eigenvalue weighted by Crippen LogP contribution is 2.23. The minimum absolute atomic E-state index is 0.0185. The summed E-state index contributed by atoms with van der Waals surface area (Å²) in [7, 11) is 0. The van der Waals surface area contributed by atoms with Crippen LogP contribution in [0, 0.1) is 5.82 Å². The van der Waals surface area contributed by atoms with Gasteiger partial charge in [0.1, 0.15) is 18.2 Å². The third-order valence-corrected chi connectivity index (χ3v) is 4.95. The van der Waals surface area contributed by atoms with E-state index in [1.807, 2.05) is 35.2 Å². The number of halogens is 1. The summed E-state index contributed by atoms with van der Waals surface area (Å²) in [6, 6.07) is 17.8. The smallest absolute Gasteiger partial charge is 0.255 e. The molecule has 2 aromatic carbocycles. The van der Waals surface area contributed by atoms with Crippen LogP contribution in [0.4, 0.5) is 10.1 Å². The normalized spacial score (nSPS) is 14.0. The van der Waals surface area contributed by atoms with Gasteiger partial charge in [0.15, 0.2) is 0 Å². The molecular weight excluding hydrogens is 369 g/mol. The lowest BCUT2D eigenvalue weighted by atomic mass is 10.2. The molecule has 5 nitrogen and oxygen atoms in total. The van der Waals surface area contributed by atoms with E-state index in [1.165, 1.54) is 12.1 Å². The number of carbonyl (C=O) groups excluding carboxylic acids is 1. The maximum absolute atomic E-state index is 13.3. The number of pyridine rings is 1. The average Bonchev–Trinajstić information content (AvgIpc) is 2.78. The fourth-order valence-corrected chi connectivity index (χ4v) is 3.40. The topological polar surface area (TPSA) is 45.7 Å². The van der Waals surface area contributed by atoms with Crippen LogP contribution in [0.5, 0.6) is 5.75 Å². The zero-order valence-corrected chi connectivity index (χ0v) is 16.0. The van der Waals surface area contributed by atoms with Gasteiger partial charge in [-0.05, 0) is 42.0 Å². The van der Waals surface area contributed by atoms with Crippen LogP contribution in [-0.2, 0) is 6.61 Å². The van der Waals surface area contributed by atoms with Crippen LogP contribution in [0.1, 0.15) is 15.9 Å². The number of hydrogen-bond donors (Lipinski definition) is 0. The summed E-state index contributed by atoms with van der Waals surface area (Å²) in [6.45, 7) is 3.12. The SMILES string of the molecule is O=C(c1cccnc1)N1CCN(c2cccc(OCc3cccc(F)c3)c2)CC1. The minimum Gasteiger partial charge on any atom is -0.489 e. The molecule has 0 bridgehead atoms. The average molecular weight is 391 g/mol. The molecule has 1 aliphatic heterocycles. The molecule has 0 N–H and O–H groups in total. The summed E-state index contributed by atoms with van der Waals surface area (Å²) < 4.78 is 19.1. The molecule has 0 radical (unpaired) electrons. The van der Waals surface area contributed by atoms with Crippen molar-refractivity contribution in [1.82, 2.24) is 9.88 Å². The van der Waals surface area contributed by atoms with Crippen molar-refractivity contribution in [3.63, 3.8) is 0 Å². The molecule has 6 heteroatoms. The number of anilines is 1. The van der Waals surface area contributed by atoms with Crippen molar-refractivity contribution in [3.05, 3.63) is 90.0 Å². The molecule has 1 aromatic heterocycles. The van der Waals surface area contributed by atoms with Crippen molar-refractivity contribution < 1.29 is 13.9 Å². The van der Waals surface area contributed by atoms with Crippen LogP contribution < -0.4 is 9.64 Å². The minimum atomic E-state index is -0.265. The van der Waals surface area contributed by atoms with E-state index < -0.39 is 0 Å². The van der Waals surface area contributed by atoms with E-state index >= 15 is 0 Å². The zero-order chi connectivity index (χ0) is 20.1. The zero-order valence-electron chi connectivity index (χ0n) is 16.0. The van der Waals surface area contributed by atoms with Gasteiger partial charge in [-0.15, -0.1) is 0 Å². The van der Waals surface area contributed by atoms with Crippen LogP contribution in [0.3, 0.4) is 0 Å². The Morgan fingerprint density at radius 1 is 1.00 bits per heavy atom. The first-order valence-corrected chi connectivity index (χ1v) is 9.60. The lowest BCUT2D eigenvalue weighted by Crippen LogP contribution is -2.48. The summed E-state index contributed by atoms with van der Waals surface area (Å²) in [4.78, 5) is 20.7. The van der Waals surface area contributed by atoms with Gasteiger partial charge in [-0.25, -0.2) is 4.39 Å². The van der Waals surface area contributed by atoms with Crippen LogP contribution in [0.25, 0.3) is 0 Å². The lowest BCUT2D eigenvalue weighted by Gasteiger charge is -2.36. The van der Waals surface area contributed by atoms with Crippen molar-refractivity contribution in [2.75, 3.05) is 31.1 Å². The molecule has 0 spiro atoms. The standard InChI is InChI=1S/C23H22FN3O2/c24-20-6-1-4-18(14-20)17-29-22-8-2-7-21(15-22)26-10-12-27(13-11-26)23(28)19-5-3-9-25-16-19/h1-9,14-16H,10-13,17H2. The van der Waals surface area contributed by atoms with E-state index in [2.05, 4.69) is 9.88 Å². The molecule has 1 saturated heterocycles. The number of aromatic nitrogens is 1. The molecule has 0 saturated carbocycles. The van der Waals surface area contributed by atoms with E-state index in [0.717, 1.165) is 30.1 Å². The van der Waals surface area contributed by atoms with Crippen molar-refractivity contribution in [1.29, 1.82) is 0 Å². The third-order valence-electron chi connectivity index (χ3n) is 4.95. The van der Waals surface area contributed by atoms with Gasteiger partial charge >= 0.3 is 0 Å². The highest BCUT2D eigenvalue weighted by Gasteiger charge is 2.22. The van der Waals surface area contributed by atoms with E-state index in [4.69, 9.17) is 4.74 Å². The molecule has 0 unspecified atom stereocenters.